The fourth-order valence-electron chi connectivity index (χ4n) is 5.04. The molecule has 1 aliphatic heterocycles. The van der Waals surface area contributed by atoms with Crippen LogP contribution in [-0.2, 0) is 5.41 Å². The van der Waals surface area contributed by atoms with Crippen LogP contribution in [0.3, 0.4) is 0 Å². The molecule has 0 bridgehead atoms. The fourth-order valence-corrected chi connectivity index (χ4v) is 5.04. The molecular formula is C27H14N2O. The molecule has 1 spiro atoms. The van der Waals surface area contributed by atoms with Crippen LogP contribution in [0.25, 0.3) is 11.1 Å². The molecule has 0 saturated heterocycles. The monoisotopic (exact) mass is 382 g/mol. The van der Waals surface area contributed by atoms with Crippen molar-refractivity contribution in [1.82, 2.24) is 0 Å². The van der Waals surface area contributed by atoms with E-state index in [2.05, 4.69) is 36.4 Å². The first-order valence-electron chi connectivity index (χ1n) is 9.74. The minimum absolute atomic E-state index is 0.582. The Hall–Kier alpha value is -4.34. The molecule has 0 amide bonds. The molecule has 30 heavy (non-hydrogen) atoms. The van der Waals surface area contributed by atoms with Crippen molar-refractivity contribution in [3.8, 4) is 34.8 Å². The van der Waals surface area contributed by atoms with E-state index < -0.39 is 5.41 Å². The van der Waals surface area contributed by atoms with Crippen LogP contribution in [0.5, 0.6) is 11.5 Å². The summed E-state index contributed by atoms with van der Waals surface area (Å²) in [4.78, 5) is 0. The number of ether oxygens (including phenoxy) is 1. The summed E-state index contributed by atoms with van der Waals surface area (Å²) >= 11 is 0. The fraction of sp³-hybridized carbons (Fsp3) is 0.0370. The van der Waals surface area contributed by atoms with Gasteiger partial charge in [-0.25, -0.2) is 0 Å². The first-order chi connectivity index (χ1) is 14.8. The van der Waals surface area contributed by atoms with Crippen molar-refractivity contribution in [2.45, 2.75) is 5.41 Å². The molecule has 1 aliphatic carbocycles. The van der Waals surface area contributed by atoms with E-state index in [9.17, 15) is 10.5 Å². The van der Waals surface area contributed by atoms with Gasteiger partial charge in [-0.05, 0) is 58.7 Å². The average Bonchev–Trinajstić information content (AvgIpc) is 3.10. The molecule has 1 heterocycles. The quantitative estimate of drug-likeness (QED) is 0.329. The van der Waals surface area contributed by atoms with Crippen molar-refractivity contribution >= 4 is 0 Å². The van der Waals surface area contributed by atoms with Crippen molar-refractivity contribution in [3.63, 3.8) is 0 Å². The number of benzene rings is 4. The number of nitrogens with zero attached hydrogens (tertiary/aromatic N) is 2. The molecule has 0 unspecified atom stereocenters. The Morgan fingerprint density at radius 1 is 0.567 bits per heavy atom. The molecular weight excluding hydrogens is 368 g/mol. The summed E-state index contributed by atoms with van der Waals surface area (Å²) in [6.45, 7) is 0. The number of rotatable bonds is 0. The molecule has 0 N–H and O–H groups in total. The highest BCUT2D eigenvalue weighted by atomic mass is 16.5. The molecule has 3 nitrogen and oxygen atoms in total. The predicted octanol–water partition coefficient (Wildman–Crippen LogP) is 5.90. The van der Waals surface area contributed by atoms with Gasteiger partial charge in [0.15, 0.2) is 0 Å². The molecule has 4 aromatic rings. The smallest absolute Gasteiger partial charge is 0.132 e. The summed E-state index contributed by atoms with van der Waals surface area (Å²) in [7, 11) is 0. The second-order valence-electron chi connectivity index (χ2n) is 7.59. The minimum atomic E-state index is -0.643. The first-order valence-corrected chi connectivity index (χ1v) is 9.74. The number of nitriles is 2. The van der Waals surface area contributed by atoms with Crippen LogP contribution in [0.1, 0.15) is 33.4 Å². The van der Waals surface area contributed by atoms with Crippen molar-refractivity contribution < 1.29 is 4.74 Å². The number of fused-ring (bicyclic) bond motifs is 9. The lowest BCUT2D eigenvalue weighted by molar-refractivity contribution is 0.436. The minimum Gasteiger partial charge on any atom is -0.457 e. The van der Waals surface area contributed by atoms with E-state index in [1.807, 2.05) is 48.5 Å². The van der Waals surface area contributed by atoms with E-state index in [-0.39, 0.29) is 0 Å². The molecule has 4 aromatic carbocycles. The maximum Gasteiger partial charge on any atom is 0.132 e. The maximum absolute atomic E-state index is 9.60. The summed E-state index contributed by atoms with van der Waals surface area (Å²) in [5, 5.41) is 19.2. The van der Waals surface area contributed by atoms with Crippen LogP contribution in [-0.4, -0.2) is 0 Å². The van der Waals surface area contributed by atoms with Gasteiger partial charge >= 0.3 is 0 Å². The van der Waals surface area contributed by atoms with Crippen molar-refractivity contribution in [2.75, 3.05) is 0 Å². The van der Waals surface area contributed by atoms with Gasteiger partial charge in [0.1, 0.15) is 11.5 Å². The summed E-state index contributed by atoms with van der Waals surface area (Å²) in [5.41, 5.74) is 6.99. The van der Waals surface area contributed by atoms with E-state index in [4.69, 9.17) is 4.74 Å². The molecule has 2 aliphatic rings. The lowest BCUT2D eigenvalue weighted by atomic mass is 9.65. The topological polar surface area (TPSA) is 56.8 Å². The van der Waals surface area contributed by atoms with Gasteiger partial charge in [-0.3, -0.25) is 0 Å². The zero-order chi connectivity index (χ0) is 20.3. The van der Waals surface area contributed by atoms with Gasteiger partial charge < -0.3 is 4.74 Å². The number of hydrogen-bond donors (Lipinski definition) is 0. The number of hydrogen-bond acceptors (Lipinski definition) is 3. The SMILES string of the molecule is N#Cc1ccc2c(c1)C1(c3cc(C#N)ccc3O2)c2ccccc2-c2ccccc21. The third kappa shape index (κ3) is 1.91. The zero-order valence-corrected chi connectivity index (χ0v) is 15.9. The second kappa shape index (κ2) is 5.83. The molecule has 6 rings (SSSR count). The second-order valence-corrected chi connectivity index (χ2v) is 7.59. The van der Waals surface area contributed by atoms with Gasteiger partial charge in [0.05, 0.1) is 28.7 Å². The summed E-state index contributed by atoms with van der Waals surface area (Å²) < 4.78 is 6.27. The van der Waals surface area contributed by atoms with E-state index >= 15 is 0 Å². The predicted molar refractivity (Wildman–Crippen MR) is 113 cm³/mol. The van der Waals surface area contributed by atoms with Crippen LogP contribution >= 0.6 is 0 Å². The summed E-state index contributed by atoms with van der Waals surface area (Å²) in [5.74, 6) is 1.47. The van der Waals surface area contributed by atoms with Gasteiger partial charge in [-0.1, -0.05) is 48.5 Å². The van der Waals surface area contributed by atoms with Gasteiger partial charge in [-0.2, -0.15) is 10.5 Å². The van der Waals surface area contributed by atoms with Crippen LogP contribution in [0.2, 0.25) is 0 Å². The molecule has 0 saturated carbocycles. The largest absolute Gasteiger partial charge is 0.457 e. The highest BCUT2D eigenvalue weighted by molar-refractivity contribution is 5.88. The van der Waals surface area contributed by atoms with Crippen molar-refractivity contribution in [2.24, 2.45) is 0 Å². The molecule has 0 aromatic heterocycles. The van der Waals surface area contributed by atoms with E-state index in [0.29, 0.717) is 11.1 Å². The first kappa shape index (κ1) is 16.6. The Balaban J connectivity index is 1.85. The zero-order valence-electron chi connectivity index (χ0n) is 15.9. The standard InChI is InChI=1S/C27H14N2O/c28-15-17-9-11-25-23(13-17)27(24-14-18(16-29)10-12-26(24)30-25)21-7-3-1-5-19(21)20-6-2-4-8-22(20)27/h1-14H. The van der Waals surface area contributed by atoms with Crippen LogP contribution in [0.15, 0.2) is 84.9 Å². The van der Waals surface area contributed by atoms with E-state index in [0.717, 1.165) is 44.9 Å². The van der Waals surface area contributed by atoms with Crippen LogP contribution in [0.4, 0.5) is 0 Å². The Labute approximate surface area is 174 Å². The van der Waals surface area contributed by atoms with Crippen LogP contribution in [0, 0.1) is 22.7 Å². The highest BCUT2D eigenvalue weighted by Crippen LogP contribution is 2.62. The molecule has 0 atom stereocenters. The van der Waals surface area contributed by atoms with Gasteiger partial charge in [-0.15, -0.1) is 0 Å². The van der Waals surface area contributed by atoms with Gasteiger partial charge in [0.25, 0.3) is 0 Å². The lowest BCUT2D eigenvalue weighted by Gasteiger charge is -2.39. The summed E-state index contributed by atoms with van der Waals surface area (Å²) in [6.07, 6.45) is 0. The summed E-state index contributed by atoms with van der Waals surface area (Å²) in [6, 6.07) is 32.5. The van der Waals surface area contributed by atoms with E-state index in [1.165, 1.54) is 0 Å². The van der Waals surface area contributed by atoms with Crippen molar-refractivity contribution in [3.05, 3.63) is 118 Å². The Morgan fingerprint density at radius 3 is 1.50 bits per heavy atom. The lowest BCUT2D eigenvalue weighted by Crippen LogP contribution is -2.32. The van der Waals surface area contributed by atoms with Crippen molar-refractivity contribution in [1.29, 1.82) is 10.5 Å². The van der Waals surface area contributed by atoms with E-state index in [1.54, 1.807) is 12.1 Å². The van der Waals surface area contributed by atoms with Gasteiger partial charge in [0, 0.05) is 11.1 Å². The highest BCUT2D eigenvalue weighted by Gasteiger charge is 2.51. The Bertz CT molecular complexity index is 1340. The molecule has 0 radical (unpaired) electrons. The molecule has 3 heteroatoms. The third-order valence-corrected chi connectivity index (χ3v) is 6.20. The maximum atomic E-state index is 9.60. The Kier molecular flexibility index (Phi) is 3.23. The normalized spacial score (nSPS) is 13.8. The molecule has 138 valence electrons. The Morgan fingerprint density at radius 2 is 1.03 bits per heavy atom. The third-order valence-electron chi connectivity index (χ3n) is 6.20. The molecule has 0 fully saturated rings. The van der Waals surface area contributed by atoms with Gasteiger partial charge in [0.2, 0.25) is 0 Å². The average molecular weight is 382 g/mol. The van der Waals surface area contributed by atoms with Crippen LogP contribution < -0.4 is 4.74 Å².